The molecular formula is C22H24N4O5S. The van der Waals surface area contributed by atoms with E-state index in [1.165, 1.54) is 11.0 Å². The normalized spacial score (nSPS) is 13.6. The SMILES string of the molecule is CCc1nc(CN2C(=O)COc3cc(S(=O)(=O)Nc4ccc(C)cc4C)c(C)cc32)no1. The van der Waals surface area contributed by atoms with Crippen LogP contribution in [0.4, 0.5) is 11.4 Å². The van der Waals surface area contributed by atoms with Crippen molar-refractivity contribution < 1.29 is 22.5 Å². The van der Waals surface area contributed by atoms with Gasteiger partial charge in [-0.1, -0.05) is 29.8 Å². The minimum atomic E-state index is -3.88. The standard InChI is InChI=1S/C22H24N4O5S/c1-5-21-23-20(24-31-21)11-26-17-9-15(4)19(10-18(17)30-12-22(26)27)32(28,29)25-16-7-6-13(2)8-14(16)3/h6-10,25H,5,11-12H2,1-4H3. The van der Waals surface area contributed by atoms with Gasteiger partial charge in [0.1, 0.15) is 5.75 Å². The van der Waals surface area contributed by atoms with Crippen molar-refractivity contribution in [3.8, 4) is 5.75 Å². The Morgan fingerprint density at radius 2 is 1.91 bits per heavy atom. The molecule has 3 aromatic rings. The van der Waals surface area contributed by atoms with Crippen molar-refractivity contribution in [1.82, 2.24) is 10.1 Å². The molecule has 0 radical (unpaired) electrons. The van der Waals surface area contributed by atoms with E-state index in [0.29, 0.717) is 40.8 Å². The maximum absolute atomic E-state index is 13.1. The van der Waals surface area contributed by atoms with Gasteiger partial charge in [-0.3, -0.25) is 14.4 Å². The summed E-state index contributed by atoms with van der Waals surface area (Å²) in [4.78, 5) is 18.3. The summed E-state index contributed by atoms with van der Waals surface area (Å²) in [7, 11) is -3.88. The lowest BCUT2D eigenvalue weighted by molar-refractivity contribution is -0.121. The van der Waals surface area contributed by atoms with Crippen LogP contribution in [0.1, 0.15) is 35.3 Å². The highest BCUT2D eigenvalue weighted by Crippen LogP contribution is 2.37. The van der Waals surface area contributed by atoms with Crippen LogP contribution in [0, 0.1) is 20.8 Å². The third-order valence-corrected chi connectivity index (χ3v) is 6.73. The molecule has 1 aliphatic rings. The van der Waals surface area contributed by atoms with Gasteiger partial charge in [0, 0.05) is 12.5 Å². The maximum Gasteiger partial charge on any atom is 0.265 e. The van der Waals surface area contributed by atoms with Crippen LogP contribution in [-0.4, -0.2) is 31.1 Å². The summed E-state index contributed by atoms with van der Waals surface area (Å²) in [5, 5.41) is 3.90. The van der Waals surface area contributed by atoms with Crippen LogP contribution < -0.4 is 14.4 Å². The first-order valence-corrected chi connectivity index (χ1v) is 11.7. The molecule has 9 nitrogen and oxygen atoms in total. The Morgan fingerprint density at radius 3 is 2.59 bits per heavy atom. The number of anilines is 2. The molecule has 0 aliphatic carbocycles. The second kappa shape index (κ2) is 8.27. The lowest BCUT2D eigenvalue weighted by atomic mass is 10.1. The number of benzene rings is 2. The summed E-state index contributed by atoms with van der Waals surface area (Å²) in [6.07, 6.45) is 0.592. The number of ether oxygens (including phenoxy) is 1. The molecular weight excluding hydrogens is 432 g/mol. The van der Waals surface area contributed by atoms with E-state index in [2.05, 4.69) is 14.9 Å². The van der Waals surface area contributed by atoms with E-state index in [-0.39, 0.29) is 24.0 Å². The number of fused-ring (bicyclic) bond motifs is 1. The van der Waals surface area contributed by atoms with Gasteiger partial charge in [0.15, 0.2) is 12.4 Å². The smallest absolute Gasteiger partial charge is 0.265 e. The summed E-state index contributed by atoms with van der Waals surface area (Å²) in [6, 6.07) is 8.57. The zero-order valence-electron chi connectivity index (χ0n) is 18.3. The van der Waals surface area contributed by atoms with E-state index < -0.39 is 10.0 Å². The number of aromatic nitrogens is 2. The predicted octanol–water partition coefficient (Wildman–Crippen LogP) is 3.28. The number of amides is 1. The number of hydrogen-bond donors (Lipinski definition) is 1. The number of nitrogens with one attached hydrogen (secondary N) is 1. The molecule has 0 unspecified atom stereocenters. The van der Waals surface area contributed by atoms with Crippen molar-refractivity contribution in [2.24, 2.45) is 0 Å². The molecule has 0 fully saturated rings. The number of nitrogens with zero attached hydrogens (tertiary/aromatic N) is 3. The molecule has 1 aliphatic heterocycles. The van der Waals surface area contributed by atoms with Gasteiger partial charge in [0.05, 0.1) is 22.8 Å². The van der Waals surface area contributed by atoms with Gasteiger partial charge >= 0.3 is 0 Å². The fraction of sp³-hybridized carbons (Fsp3) is 0.318. The van der Waals surface area contributed by atoms with Gasteiger partial charge in [0.25, 0.3) is 15.9 Å². The first-order valence-electron chi connectivity index (χ1n) is 10.2. The average Bonchev–Trinajstić information content (AvgIpc) is 3.20. The van der Waals surface area contributed by atoms with Gasteiger partial charge in [-0.05, 0) is 44.0 Å². The van der Waals surface area contributed by atoms with Crippen LogP contribution in [0.5, 0.6) is 5.75 Å². The molecule has 2 heterocycles. The molecule has 10 heteroatoms. The van der Waals surface area contributed by atoms with Gasteiger partial charge in [0.2, 0.25) is 5.89 Å². The predicted molar refractivity (Wildman–Crippen MR) is 118 cm³/mol. The number of carbonyl (C=O) groups is 1. The zero-order valence-corrected chi connectivity index (χ0v) is 19.1. The first kappa shape index (κ1) is 21.8. The fourth-order valence-corrected chi connectivity index (χ4v) is 4.94. The molecule has 32 heavy (non-hydrogen) atoms. The van der Waals surface area contributed by atoms with Crippen molar-refractivity contribution in [3.63, 3.8) is 0 Å². The highest BCUT2D eigenvalue weighted by atomic mass is 32.2. The third kappa shape index (κ3) is 4.18. The van der Waals surface area contributed by atoms with Crippen LogP contribution in [-0.2, 0) is 27.8 Å². The van der Waals surface area contributed by atoms with Crippen LogP contribution in [0.2, 0.25) is 0 Å². The van der Waals surface area contributed by atoms with E-state index in [9.17, 15) is 13.2 Å². The highest BCUT2D eigenvalue weighted by Gasteiger charge is 2.30. The molecule has 4 rings (SSSR count). The quantitative estimate of drug-likeness (QED) is 0.605. The largest absolute Gasteiger partial charge is 0.482 e. The molecule has 168 valence electrons. The molecule has 0 bridgehead atoms. The minimum absolute atomic E-state index is 0.0818. The first-order chi connectivity index (χ1) is 15.2. The van der Waals surface area contributed by atoms with Crippen LogP contribution in [0.25, 0.3) is 0 Å². The fourth-order valence-electron chi connectivity index (χ4n) is 3.56. The molecule has 0 saturated carbocycles. The summed E-state index contributed by atoms with van der Waals surface area (Å²) >= 11 is 0. The van der Waals surface area contributed by atoms with Crippen molar-refractivity contribution in [2.75, 3.05) is 16.2 Å². The van der Waals surface area contributed by atoms with Crippen molar-refractivity contribution >= 4 is 27.3 Å². The number of aryl methyl sites for hydroxylation is 4. The van der Waals surface area contributed by atoms with Gasteiger partial charge in [-0.15, -0.1) is 0 Å². The third-order valence-electron chi connectivity index (χ3n) is 5.23. The Labute approximate surface area is 186 Å². The second-order valence-corrected chi connectivity index (χ2v) is 9.39. The van der Waals surface area contributed by atoms with Crippen molar-refractivity contribution in [1.29, 1.82) is 0 Å². The Bertz CT molecular complexity index is 1300. The van der Waals surface area contributed by atoms with Crippen LogP contribution in [0.3, 0.4) is 0 Å². The van der Waals surface area contributed by atoms with Crippen LogP contribution in [0.15, 0.2) is 39.8 Å². The minimum Gasteiger partial charge on any atom is -0.482 e. The lowest BCUT2D eigenvalue weighted by Gasteiger charge is -2.29. The van der Waals surface area contributed by atoms with E-state index in [4.69, 9.17) is 9.26 Å². The average molecular weight is 457 g/mol. The monoisotopic (exact) mass is 456 g/mol. The van der Waals surface area contributed by atoms with Crippen LogP contribution >= 0.6 is 0 Å². The molecule has 1 amide bonds. The molecule has 1 N–H and O–H groups in total. The second-order valence-electron chi connectivity index (χ2n) is 7.74. The summed E-state index contributed by atoms with van der Waals surface area (Å²) in [6.45, 7) is 7.26. The topological polar surface area (TPSA) is 115 Å². The number of rotatable bonds is 6. The maximum atomic E-state index is 13.1. The lowest BCUT2D eigenvalue weighted by Crippen LogP contribution is -2.38. The molecule has 2 aromatic carbocycles. The Kier molecular flexibility index (Phi) is 5.64. The van der Waals surface area contributed by atoms with E-state index in [0.717, 1.165) is 11.1 Å². The molecule has 1 aromatic heterocycles. The number of hydrogen-bond acceptors (Lipinski definition) is 7. The van der Waals surface area contributed by atoms with E-state index in [1.54, 1.807) is 19.1 Å². The Morgan fingerprint density at radius 1 is 1.12 bits per heavy atom. The summed E-state index contributed by atoms with van der Waals surface area (Å²) < 4.78 is 39.6. The molecule has 0 saturated heterocycles. The molecule has 0 spiro atoms. The van der Waals surface area contributed by atoms with Crippen molar-refractivity contribution in [3.05, 3.63) is 58.7 Å². The van der Waals surface area contributed by atoms with E-state index in [1.807, 2.05) is 32.9 Å². The Balaban J connectivity index is 1.67. The molecule has 0 atom stereocenters. The zero-order chi connectivity index (χ0) is 23.0. The highest BCUT2D eigenvalue weighted by molar-refractivity contribution is 7.92. The Hall–Kier alpha value is -3.40. The van der Waals surface area contributed by atoms with Gasteiger partial charge < -0.3 is 9.26 Å². The number of carbonyl (C=O) groups excluding carboxylic acids is 1. The van der Waals surface area contributed by atoms with Gasteiger partial charge in [-0.2, -0.15) is 4.98 Å². The summed E-state index contributed by atoms with van der Waals surface area (Å²) in [5.74, 6) is 0.879. The summed E-state index contributed by atoms with van der Waals surface area (Å²) in [5.41, 5.74) is 3.32. The van der Waals surface area contributed by atoms with E-state index >= 15 is 0 Å². The number of sulfonamides is 1. The van der Waals surface area contributed by atoms with Gasteiger partial charge in [-0.25, -0.2) is 8.42 Å². The van der Waals surface area contributed by atoms with Crippen molar-refractivity contribution in [2.45, 2.75) is 45.6 Å².